The van der Waals surface area contributed by atoms with Gasteiger partial charge in [-0.2, -0.15) is 5.10 Å². The summed E-state index contributed by atoms with van der Waals surface area (Å²) in [6.45, 7) is 4.24. The molecule has 0 bridgehead atoms. The maximum Gasteiger partial charge on any atom is 0.0628 e. The molecule has 3 nitrogen and oxygen atoms in total. The number of likely N-dealkylation sites (N-methyl/N-ethyl adjacent to an activating group) is 1. The molecule has 5 heteroatoms. The van der Waals surface area contributed by atoms with Crippen LogP contribution in [0.25, 0.3) is 0 Å². The van der Waals surface area contributed by atoms with Gasteiger partial charge in [0, 0.05) is 28.1 Å². The predicted molar refractivity (Wildman–Crippen MR) is 85.0 cm³/mol. The maximum absolute atomic E-state index is 4.49. The monoisotopic (exact) mass is 341 g/mol. The Hall–Kier alpha value is -0.650. The molecule has 0 aliphatic carbocycles. The average molecular weight is 342 g/mol. The molecular weight excluding hydrogens is 322 g/mol. The molecule has 0 amide bonds. The first-order valence-corrected chi connectivity index (χ1v) is 8.08. The van der Waals surface area contributed by atoms with Crippen molar-refractivity contribution in [2.45, 2.75) is 32.7 Å². The minimum absolute atomic E-state index is 0.441. The van der Waals surface area contributed by atoms with Gasteiger partial charge in [0.05, 0.1) is 5.69 Å². The van der Waals surface area contributed by atoms with Crippen LogP contribution < -0.4 is 5.32 Å². The number of thiophene rings is 1. The first-order valence-electron chi connectivity index (χ1n) is 6.41. The van der Waals surface area contributed by atoms with E-state index in [1.165, 1.54) is 20.6 Å². The van der Waals surface area contributed by atoms with Gasteiger partial charge in [-0.05, 0) is 66.7 Å². The highest BCUT2D eigenvalue weighted by Gasteiger charge is 2.16. The lowest BCUT2D eigenvalue weighted by Crippen LogP contribution is -2.30. The fourth-order valence-corrected chi connectivity index (χ4v) is 3.93. The molecule has 19 heavy (non-hydrogen) atoms. The SMILES string of the molecule is CNC(Cc1sccc1Br)Cc1c(C)nn(C)c1C. The van der Waals surface area contributed by atoms with Crippen molar-refractivity contribution in [2.24, 2.45) is 7.05 Å². The molecule has 104 valence electrons. The molecule has 2 heterocycles. The zero-order valence-electron chi connectivity index (χ0n) is 11.8. The number of aromatic nitrogens is 2. The molecule has 2 rings (SSSR count). The molecule has 0 spiro atoms. The standard InChI is InChI=1S/C14H20BrN3S/c1-9-12(10(2)18(4)17-9)7-11(16-3)8-14-13(15)5-6-19-14/h5-6,11,16H,7-8H2,1-4H3. The smallest absolute Gasteiger partial charge is 0.0628 e. The van der Waals surface area contributed by atoms with Crippen LogP contribution in [0.1, 0.15) is 21.8 Å². The van der Waals surface area contributed by atoms with Crippen LogP contribution in [0.2, 0.25) is 0 Å². The number of nitrogens with zero attached hydrogens (tertiary/aromatic N) is 2. The Morgan fingerprint density at radius 2 is 2.16 bits per heavy atom. The summed E-state index contributed by atoms with van der Waals surface area (Å²) in [5, 5.41) is 10.1. The highest BCUT2D eigenvalue weighted by molar-refractivity contribution is 9.10. The zero-order valence-corrected chi connectivity index (χ0v) is 14.2. The van der Waals surface area contributed by atoms with Crippen LogP contribution in [0.5, 0.6) is 0 Å². The van der Waals surface area contributed by atoms with Crippen molar-refractivity contribution in [3.05, 3.63) is 37.7 Å². The average Bonchev–Trinajstić information content (AvgIpc) is 2.87. The summed E-state index contributed by atoms with van der Waals surface area (Å²) in [6.07, 6.45) is 2.06. The van der Waals surface area contributed by atoms with E-state index in [4.69, 9.17) is 0 Å². The van der Waals surface area contributed by atoms with Gasteiger partial charge >= 0.3 is 0 Å². The van der Waals surface area contributed by atoms with Gasteiger partial charge in [0.1, 0.15) is 0 Å². The van der Waals surface area contributed by atoms with Crippen LogP contribution in [0, 0.1) is 13.8 Å². The van der Waals surface area contributed by atoms with Crippen LogP contribution in [0.15, 0.2) is 15.9 Å². The number of halogens is 1. The number of hydrogen-bond donors (Lipinski definition) is 1. The van der Waals surface area contributed by atoms with Crippen molar-refractivity contribution in [1.29, 1.82) is 0 Å². The second kappa shape index (κ2) is 6.20. The molecular formula is C14H20BrN3S. The van der Waals surface area contributed by atoms with Gasteiger partial charge in [-0.25, -0.2) is 0 Å². The minimum Gasteiger partial charge on any atom is -0.316 e. The van der Waals surface area contributed by atoms with Crippen LogP contribution in [0.4, 0.5) is 0 Å². The minimum atomic E-state index is 0.441. The number of rotatable bonds is 5. The van der Waals surface area contributed by atoms with E-state index < -0.39 is 0 Å². The van der Waals surface area contributed by atoms with E-state index in [2.05, 4.69) is 51.6 Å². The second-order valence-electron chi connectivity index (χ2n) is 4.86. The fraction of sp³-hybridized carbons (Fsp3) is 0.500. The van der Waals surface area contributed by atoms with E-state index in [-0.39, 0.29) is 0 Å². The largest absolute Gasteiger partial charge is 0.316 e. The fourth-order valence-electron chi connectivity index (χ4n) is 2.33. The van der Waals surface area contributed by atoms with Gasteiger partial charge < -0.3 is 5.32 Å². The molecule has 0 saturated heterocycles. The lowest BCUT2D eigenvalue weighted by molar-refractivity contribution is 0.556. The molecule has 0 aromatic carbocycles. The molecule has 2 aromatic rings. The summed E-state index contributed by atoms with van der Waals surface area (Å²) >= 11 is 5.42. The second-order valence-corrected chi connectivity index (χ2v) is 6.71. The van der Waals surface area contributed by atoms with Crippen LogP contribution in [-0.2, 0) is 19.9 Å². The maximum atomic E-state index is 4.49. The molecule has 1 N–H and O–H groups in total. The van der Waals surface area contributed by atoms with Gasteiger partial charge in [0.2, 0.25) is 0 Å². The van der Waals surface area contributed by atoms with Crippen molar-refractivity contribution in [3.8, 4) is 0 Å². The van der Waals surface area contributed by atoms with Gasteiger partial charge in [-0.15, -0.1) is 11.3 Å². The quantitative estimate of drug-likeness (QED) is 0.904. The van der Waals surface area contributed by atoms with Crippen molar-refractivity contribution in [2.75, 3.05) is 7.05 Å². The molecule has 1 atom stereocenters. The summed E-state index contributed by atoms with van der Waals surface area (Å²) in [6, 6.07) is 2.56. The molecule has 2 aromatic heterocycles. The van der Waals surface area contributed by atoms with Crippen molar-refractivity contribution in [1.82, 2.24) is 15.1 Å². The Bertz CT molecular complexity index is 559. The van der Waals surface area contributed by atoms with Gasteiger partial charge in [0.25, 0.3) is 0 Å². The van der Waals surface area contributed by atoms with Crippen molar-refractivity contribution in [3.63, 3.8) is 0 Å². The first kappa shape index (κ1) is 14.8. The molecule has 1 unspecified atom stereocenters. The Labute approximate surface area is 127 Å². The van der Waals surface area contributed by atoms with Gasteiger partial charge in [-0.3, -0.25) is 4.68 Å². The Balaban J connectivity index is 2.13. The van der Waals surface area contributed by atoms with E-state index in [9.17, 15) is 0 Å². The zero-order chi connectivity index (χ0) is 14.0. The van der Waals surface area contributed by atoms with E-state index >= 15 is 0 Å². The van der Waals surface area contributed by atoms with Crippen LogP contribution in [0.3, 0.4) is 0 Å². The van der Waals surface area contributed by atoms with Crippen LogP contribution in [-0.4, -0.2) is 22.9 Å². The lowest BCUT2D eigenvalue weighted by atomic mass is 10.0. The number of nitrogens with one attached hydrogen (secondary N) is 1. The third-order valence-corrected chi connectivity index (χ3v) is 5.59. The van der Waals surface area contributed by atoms with Crippen molar-refractivity contribution < 1.29 is 0 Å². The summed E-state index contributed by atoms with van der Waals surface area (Å²) in [5.74, 6) is 0. The summed E-state index contributed by atoms with van der Waals surface area (Å²) in [4.78, 5) is 1.40. The van der Waals surface area contributed by atoms with E-state index in [1.807, 2.05) is 30.1 Å². The predicted octanol–water partition coefficient (Wildman–Crippen LogP) is 3.23. The molecule has 0 aliphatic heterocycles. The summed E-state index contributed by atoms with van der Waals surface area (Å²) < 4.78 is 3.19. The Morgan fingerprint density at radius 1 is 1.42 bits per heavy atom. The number of hydrogen-bond acceptors (Lipinski definition) is 3. The third-order valence-electron chi connectivity index (χ3n) is 3.64. The summed E-state index contributed by atoms with van der Waals surface area (Å²) in [5.41, 5.74) is 3.78. The van der Waals surface area contributed by atoms with E-state index in [0.29, 0.717) is 6.04 Å². The highest BCUT2D eigenvalue weighted by Crippen LogP contribution is 2.25. The van der Waals surface area contributed by atoms with Crippen LogP contribution >= 0.6 is 27.3 Å². The molecule has 0 fully saturated rings. The molecule has 0 radical (unpaired) electrons. The van der Waals surface area contributed by atoms with E-state index in [0.717, 1.165) is 18.5 Å². The molecule has 0 saturated carbocycles. The lowest BCUT2D eigenvalue weighted by Gasteiger charge is -2.16. The van der Waals surface area contributed by atoms with Gasteiger partial charge in [-0.1, -0.05) is 0 Å². The first-order chi connectivity index (χ1) is 9.02. The Kier molecular flexibility index (Phi) is 4.81. The summed E-state index contributed by atoms with van der Waals surface area (Å²) in [7, 11) is 4.04. The van der Waals surface area contributed by atoms with E-state index in [1.54, 1.807) is 0 Å². The molecule has 0 aliphatic rings. The Morgan fingerprint density at radius 3 is 2.63 bits per heavy atom. The number of aryl methyl sites for hydroxylation is 2. The van der Waals surface area contributed by atoms with Crippen molar-refractivity contribution >= 4 is 27.3 Å². The highest BCUT2D eigenvalue weighted by atomic mass is 79.9. The van der Waals surface area contributed by atoms with Gasteiger partial charge in [0.15, 0.2) is 0 Å². The third kappa shape index (κ3) is 3.27. The topological polar surface area (TPSA) is 29.9 Å². The normalized spacial score (nSPS) is 12.9.